The zero-order chi connectivity index (χ0) is 15.8. The molecule has 1 amide bonds. The number of nitrogens with zero attached hydrogens (tertiary/aromatic N) is 1. The van der Waals surface area contributed by atoms with Crippen LogP contribution in [0.5, 0.6) is 0 Å². The summed E-state index contributed by atoms with van der Waals surface area (Å²) in [6, 6.07) is 17.3. The Balaban J connectivity index is 1.77. The molecule has 0 aliphatic heterocycles. The van der Waals surface area contributed by atoms with Crippen molar-refractivity contribution in [3.63, 3.8) is 0 Å². The average molecular weight is 333 g/mol. The standard InChI is InChI=1S/C17H17ClN2OS/c1-13(22-12-15-5-3-2-4-6-15)17(21)20-19-11-14-7-9-16(18)10-8-14/h2-11,13H,12H2,1H3,(H,20,21)/b19-11-/t13-/m1/s1. The molecule has 22 heavy (non-hydrogen) atoms. The first-order chi connectivity index (χ1) is 10.6. The van der Waals surface area contributed by atoms with E-state index >= 15 is 0 Å². The average Bonchev–Trinajstić information content (AvgIpc) is 2.55. The van der Waals surface area contributed by atoms with Crippen molar-refractivity contribution in [3.8, 4) is 0 Å². The van der Waals surface area contributed by atoms with Gasteiger partial charge >= 0.3 is 0 Å². The molecule has 5 heteroatoms. The van der Waals surface area contributed by atoms with Crippen molar-refractivity contribution in [1.29, 1.82) is 0 Å². The van der Waals surface area contributed by atoms with Crippen molar-refractivity contribution in [2.45, 2.75) is 17.9 Å². The van der Waals surface area contributed by atoms with Gasteiger partial charge in [0.25, 0.3) is 5.91 Å². The van der Waals surface area contributed by atoms with E-state index in [-0.39, 0.29) is 11.2 Å². The summed E-state index contributed by atoms with van der Waals surface area (Å²) < 4.78 is 0. The Kier molecular flexibility index (Phi) is 6.49. The zero-order valence-corrected chi connectivity index (χ0v) is 13.8. The molecule has 0 saturated carbocycles. The molecule has 1 N–H and O–H groups in total. The summed E-state index contributed by atoms with van der Waals surface area (Å²) in [5, 5.41) is 4.48. The number of benzene rings is 2. The number of thioether (sulfide) groups is 1. The maximum absolute atomic E-state index is 11.9. The Bertz CT molecular complexity index is 629. The van der Waals surface area contributed by atoms with Crippen molar-refractivity contribution in [3.05, 3.63) is 70.7 Å². The molecule has 2 aromatic rings. The molecular formula is C17H17ClN2OS. The van der Waals surface area contributed by atoms with E-state index in [9.17, 15) is 4.79 Å². The van der Waals surface area contributed by atoms with Gasteiger partial charge in [0.05, 0.1) is 11.5 Å². The van der Waals surface area contributed by atoms with Gasteiger partial charge in [0.1, 0.15) is 0 Å². The van der Waals surface area contributed by atoms with Crippen molar-refractivity contribution in [1.82, 2.24) is 5.43 Å². The fraction of sp³-hybridized carbons (Fsp3) is 0.176. The molecule has 0 bridgehead atoms. The van der Waals surface area contributed by atoms with Gasteiger partial charge in [-0.05, 0) is 30.2 Å². The van der Waals surface area contributed by atoms with E-state index in [1.807, 2.05) is 37.3 Å². The van der Waals surface area contributed by atoms with Crippen LogP contribution in [0.3, 0.4) is 0 Å². The molecule has 2 rings (SSSR count). The maximum Gasteiger partial charge on any atom is 0.252 e. The van der Waals surface area contributed by atoms with Crippen molar-refractivity contribution in [2.75, 3.05) is 0 Å². The van der Waals surface area contributed by atoms with Crippen LogP contribution in [-0.4, -0.2) is 17.4 Å². The second kappa shape index (κ2) is 8.61. The van der Waals surface area contributed by atoms with E-state index in [2.05, 4.69) is 22.7 Å². The molecular weight excluding hydrogens is 316 g/mol. The van der Waals surface area contributed by atoms with Crippen molar-refractivity contribution in [2.24, 2.45) is 5.10 Å². The summed E-state index contributed by atoms with van der Waals surface area (Å²) in [5.74, 6) is 0.696. The SMILES string of the molecule is C[C@@H](SCc1ccccc1)C(=O)N/N=C\c1ccc(Cl)cc1. The van der Waals surface area contributed by atoms with Crippen LogP contribution in [-0.2, 0) is 10.5 Å². The summed E-state index contributed by atoms with van der Waals surface area (Å²) in [6.07, 6.45) is 1.60. The number of carbonyl (C=O) groups excluding carboxylic acids is 1. The second-order valence-corrected chi connectivity index (χ2v) is 6.49. The number of carbonyl (C=O) groups is 1. The maximum atomic E-state index is 11.9. The minimum atomic E-state index is -0.164. The lowest BCUT2D eigenvalue weighted by atomic mass is 10.2. The van der Waals surface area contributed by atoms with Gasteiger partial charge in [-0.15, -0.1) is 11.8 Å². The number of hydrogen-bond donors (Lipinski definition) is 1. The van der Waals surface area contributed by atoms with Crippen molar-refractivity contribution < 1.29 is 4.79 Å². The highest BCUT2D eigenvalue weighted by Crippen LogP contribution is 2.17. The Hall–Kier alpha value is -1.78. The van der Waals surface area contributed by atoms with Crippen LogP contribution in [0, 0.1) is 0 Å². The first kappa shape index (κ1) is 16.6. The van der Waals surface area contributed by atoms with Gasteiger partial charge in [0.2, 0.25) is 0 Å². The zero-order valence-electron chi connectivity index (χ0n) is 12.2. The third-order valence-corrected chi connectivity index (χ3v) is 4.44. The third-order valence-electron chi connectivity index (χ3n) is 2.97. The van der Waals surface area contributed by atoms with E-state index in [1.54, 1.807) is 30.1 Å². The van der Waals surface area contributed by atoms with E-state index < -0.39 is 0 Å². The first-order valence-corrected chi connectivity index (χ1v) is 8.32. The quantitative estimate of drug-likeness (QED) is 0.639. The molecule has 0 fully saturated rings. The lowest BCUT2D eigenvalue weighted by Crippen LogP contribution is -2.26. The van der Waals surface area contributed by atoms with Crippen LogP contribution in [0.25, 0.3) is 0 Å². The molecule has 114 valence electrons. The lowest BCUT2D eigenvalue weighted by Gasteiger charge is -2.09. The third kappa shape index (κ3) is 5.54. The van der Waals surface area contributed by atoms with Crippen LogP contribution < -0.4 is 5.43 Å². The molecule has 0 aliphatic rings. The summed E-state index contributed by atoms with van der Waals surface area (Å²) in [4.78, 5) is 11.9. The first-order valence-electron chi connectivity index (χ1n) is 6.89. The predicted octanol–water partition coefficient (Wildman–Crippen LogP) is 4.11. The van der Waals surface area contributed by atoms with Gasteiger partial charge in [-0.3, -0.25) is 4.79 Å². The summed E-state index contributed by atoms with van der Waals surface area (Å²) in [7, 11) is 0. The lowest BCUT2D eigenvalue weighted by molar-refractivity contribution is -0.120. The highest BCUT2D eigenvalue weighted by Gasteiger charge is 2.12. The molecule has 0 aliphatic carbocycles. The van der Waals surface area contributed by atoms with Gasteiger partial charge in [-0.25, -0.2) is 5.43 Å². The van der Waals surface area contributed by atoms with Gasteiger partial charge in [0, 0.05) is 10.8 Å². The van der Waals surface area contributed by atoms with Crippen LogP contribution in [0.4, 0.5) is 0 Å². The minimum Gasteiger partial charge on any atom is -0.272 e. The molecule has 0 spiro atoms. The molecule has 2 aromatic carbocycles. The predicted molar refractivity (Wildman–Crippen MR) is 94.4 cm³/mol. The van der Waals surface area contributed by atoms with Crippen LogP contribution in [0.1, 0.15) is 18.1 Å². The highest BCUT2D eigenvalue weighted by atomic mass is 35.5. The van der Waals surface area contributed by atoms with E-state index in [1.165, 1.54) is 5.56 Å². The minimum absolute atomic E-state index is 0.105. The molecule has 0 radical (unpaired) electrons. The topological polar surface area (TPSA) is 41.5 Å². The summed E-state index contributed by atoms with van der Waals surface area (Å²) >= 11 is 7.39. The summed E-state index contributed by atoms with van der Waals surface area (Å²) in [5.41, 5.74) is 4.65. The van der Waals surface area contributed by atoms with Crippen LogP contribution >= 0.6 is 23.4 Å². The smallest absolute Gasteiger partial charge is 0.252 e. The fourth-order valence-electron chi connectivity index (χ4n) is 1.68. The highest BCUT2D eigenvalue weighted by molar-refractivity contribution is 7.99. The molecule has 1 atom stereocenters. The second-order valence-electron chi connectivity index (χ2n) is 4.72. The molecule has 0 heterocycles. The van der Waals surface area contributed by atoms with Gasteiger partial charge in [0.15, 0.2) is 0 Å². The fourth-order valence-corrected chi connectivity index (χ4v) is 2.65. The largest absolute Gasteiger partial charge is 0.272 e. The van der Waals surface area contributed by atoms with E-state index in [4.69, 9.17) is 11.6 Å². The normalized spacial score (nSPS) is 12.3. The molecule has 0 aromatic heterocycles. The van der Waals surface area contributed by atoms with Gasteiger partial charge in [-0.1, -0.05) is 54.1 Å². The monoisotopic (exact) mass is 332 g/mol. The van der Waals surface area contributed by atoms with Crippen LogP contribution in [0.15, 0.2) is 59.7 Å². The number of halogens is 1. The molecule has 0 saturated heterocycles. The number of amides is 1. The number of hydrazone groups is 1. The van der Waals surface area contributed by atoms with Crippen LogP contribution in [0.2, 0.25) is 5.02 Å². The van der Waals surface area contributed by atoms with E-state index in [0.29, 0.717) is 5.02 Å². The number of hydrogen-bond acceptors (Lipinski definition) is 3. The molecule has 3 nitrogen and oxygen atoms in total. The number of nitrogens with one attached hydrogen (secondary N) is 1. The Morgan fingerprint density at radius 1 is 1.23 bits per heavy atom. The molecule has 0 unspecified atom stereocenters. The van der Waals surface area contributed by atoms with Gasteiger partial charge in [-0.2, -0.15) is 5.10 Å². The van der Waals surface area contributed by atoms with Gasteiger partial charge < -0.3 is 0 Å². The Morgan fingerprint density at radius 2 is 1.91 bits per heavy atom. The Labute approximate surface area is 139 Å². The van der Waals surface area contributed by atoms with Crippen molar-refractivity contribution >= 4 is 35.5 Å². The summed E-state index contributed by atoms with van der Waals surface area (Å²) in [6.45, 7) is 1.88. The van der Waals surface area contributed by atoms with E-state index in [0.717, 1.165) is 11.3 Å². The number of rotatable bonds is 6. The Morgan fingerprint density at radius 3 is 2.59 bits per heavy atom.